The summed E-state index contributed by atoms with van der Waals surface area (Å²) in [5.41, 5.74) is -3.70. The first kappa shape index (κ1) is 33.6. The summed E-state index contributed by atoms with van der Waals surface area (Å²) >= 11 is 6.22. The molecule has 7 nitrogen and oxygen atoms in total. The fraction of sp³-hybridized carbons (Fsp3) is 0.310. The lowest BCUT2D eigenvalue weighted by Gasteiger charge is -2.38. The highest BCUT2D eigenvalue weighted by molar-refractivity contribution is 7.92. The zero-order chi connectivity index (χ0) is 33.7. The van der Waals surface area contributed by atoms with Crippen LogP contribution in [0.5, 0.6) is 0 Å². The van der Waals surface area contributed by atoms with Gasteiger partial charge < -0.3 is 15.3 Å². The number of rotatable bonds is 8. The zero-order valence-electron chi connectivity index (χ0n) is 23.1. The minimum atomic E-state index is -4.26. The van der Waals surface area contributed by atoms with Crippen molar-refractivity contribution >= 4 is 39.2 Å². The van der Waals surface area contributed by atoms with Crippen molar-refractivity contribution in [2.45, 2.75) is 48.0 Å². The third-order valence-corrected chi connectivity index (χ3v) is 10.9. The Bertz CT molecular complexity index is 1810. The Balaban J connectivity index is 1.31. The van der Waals surface area contributed by atoms with E-state index >= 15 is 0 Å². The van der Waals surface area contributed by atoms with E-state index in [9.17, 15) is 53.4 Å². The fourth-order valence-electron chi connectivity index (χ4n) is 6.04. The topological polar surface area (TPSA) is 105 Å². The molecule has 0 spiro atoms. The molecule has 5 rings (SSSR count). The Morgan fingerprint density at radius 3 is 2.02 bits per heavy atom. The smallest absolute Gasteiger partial charge is 0.255 e. The normalized spacial score (nSPS) is 22.8. The first-order valence-corrected chi connectivity index (χ1v) is 15.3. The van der Waals surface area contributed by atoms with Crippen LogP contribution in [0.15, 0.2) is 40.4 Å². The number of oxime groups is 1. The van der Waals surface area contributed by atoms with E-state index < -0.39 is 108 Å². The highest BCUT2D eigenvalue weighted by atomic mass is 35.5. The molecule has 3 aromatic carbocycles. The van der Waals surface area contributed by atoms with Gasteiger partial charge in [0.15, 0.2) is 50.6 Å². The Kier molecular flexibility index (Phi) is 9.09. The maximum Gasteiger partial charge on any atom is 0.255 e. The summed E-state index contributed by atoms with van der Waals surface area (Å²) in [6.07, 6.45) is 1.25. The van der Waals surface area contributed by atoms with Crippen molar-refractivity contribution in [1.29, 1.82) is 0 Å². The van der Waals surface area contributed by atoms with Gasteiger partial charge in [-0.3, -0.25) is 4.79 Å². The maximum atomic E-state index is 13.9. The summed E-state index contributed by atoms with van der Waals surface area (Å²) in [5.74, 6) is -18.0. The van der Waals surface area contributed by atoms with Crippen LogP contribution in [0.3, 0.4) is 0 Å². The second kappa shape index (κ2) is 12.4. The third kappa shape index (κ3) is 6.17. The molecular weight excluding hydrogens is 676 g/mol. The van der Waals surface area contributed by atoms with Crippen LogP contribution >= 0.6 is 11.6 Å². The van der Waals surface area contributed by atoms with Crippen molar-refractivity contribution in [3.63, 3.8) is 0 Å². The van der Waals surface area contributed by atoms with Crippen LogP contribution in [0.4, 0.5) is 40.8 Å². The van der Waals surface area contributed by atoms with Crippen LogP contribution < -0.4 is 5.32 Å². The molecule has 0 radical (unpaired) electrons. The number of carbonyl (C=O) groups excluding carboxylic acids is 1. The van der Waals surface area contributed by atoms with E-state index in [1.54, 1.807) is 0 Å². The number of carbonyl (C=O) groups is 1. The molecule has 246 valence electrons. The summed E-state index contributed by atoms with van der Waals surface area (Å²) in [4.78, 5) is 17.1. The predicted molar refractivity (Wildman–Crippen MR) is 147 cm³/mol. The molecule has 3 aromatic rings. The van der Waals surface area contributed by atoms with Gasteiger partial charge in [0.05, 0.1) is 26.9 Å². The molecule has 2 saturated carbocycles. The molecule has 1 amide bonds. The number of hydrogen-bond acceptors (Lipinski definition) is 6. The number of nitrogens with zero attached hydrogens (tertiary/aromatic N) is 1. The number of benzene rings is 3. The average Bonchev–Trinajstić information content (AvgIpc) is 3.30. The summed E-state index contributed by atoms with van der Waals surface area (Å²) in [6, 6.07) is 4.38. The summed E-state index contributed by atoms with van der Waals surface area (Å²) in [5, 5.41) is 15.4. The molecule has 46 heavy (non-hydrogen) atoms. The largest absolute Gasteiger partial charge is 0.391 e. The van der Waals surface area contributed by atoms with Crippen LogP contribution in [-0.4, -0.2) is 36.5 Å². The van der Waals surface area contributed by atoms with E-state index in [4.69, 9.17) is 16.4 Å². The van der Waals surface area contributed by atoms with E-state index in [0.717, 1.165) is 18.3 Å². The van der Waals surface area contributed by atoms with Crippen LogP contribution in [0, 0.1) is 58.4 Å². The summed E-state index contributed by atoms with van der Waals surface area (Å²) in [7, 11) is -4.26. The minimum Gasteiger partial charge on any atom is -0.391 e. The number of halogens is 9. The van der Waals surface area contributed by atoms with E-state index in [1.165, 1.54) is 6.07 Å². The van der Waals surface area contributed by atoms with E-state index in [1.807, 2.05) is 0 Å². The highest BCUT2D eigenvalue weighted by Crippen LogP contribution is 2.51. The van der Waals surface area contributed by atoms with Crippen molar-refractivity contribution in [1.82, 2.24) is 0 Å². The lowest BCUT2D eigenvalue weighted by molar-refractivity contribution is 0.0407. The molecule has 2 aliphatic carbocycles. The van der Waals surface area contributed by atoms with Gasteiger partial charge in [0, 0.05) is 23.4 Å². The molecule has 0 saturated heterocycles. The standard InChI is InChI=1S/C29H21ClF8N2O5S/c30-17-4-3-12(28(41)40-15-6-18(31)23(35)19(32)7-15)5-20(17)46(43,44)27-13-1-2-14(27)9-29(42,8-13)11-39-45-10-16-21(33)24(36)26(38)25(37)22(16)34/h3-7,11,13-14,27,42H,1-2,8-10H2,(H,40,41)/b39-11+. The van der Waals surface area contributed by atoms with Gasteiger partial charge in [0.2, 0.25) is 5.82 Å². The van der Waals surface area contributed by atoms with E-state index in [-0.39, 0.29) is 23.4 Å². The Morgan fingerprint density at radius 1 is 0.913 bits per heavy atom. The summed E-state index contributed by atoms with van der Waals surface area (Å²) < 4.78 is 136. The van der Waals surface area contributed by atoms with Gasteiger partial charge in [-0.15, -0.1) is 0 Å². The molecule has 0 aromatic heterocycles. The van der Waals surface area contributed by atoms with Gasteiger partial charge in [-0.1, -0.05) is 16.8 Å². The Labute approximate surface area is 260 Å². The van der Waals surface area contributed by atoms with Crippen molar-refractivity contribution in [2.75, 3.05) is 5.32 Å². The molecule has 0 heterocycles. The van der Waals surface area contributed by atoms with Gasteiger partial charge in [0.25, 0.3) is 5.91 Å². The maximum absolute atomic E-state index is 13.9. The van der Waals surface area contributed by atoms with Crippen LogP contribution in [-0.2, 0) is 21.3 Å². The minimum absolute atomic E-state index is 0.164. The first-order chi connectivity index (χ1) is 21.5. The lowest BCUT2D eigenvalue weighted by atomic mass is 9.78. The molecular formula is C29H21ClF8N2O5S. The molecule has 2 bridgehead atoms. The van der Waals surface area contributed by atoms with E-state index in [0.29, 0.717) is 25.0 Å². The van der Waals surface area contributed by atoms with Gasteiger partial charge >= 0.3 is 0 Å². The molecule has 17 heteroatoms. The molecule has 2 unspecified atom stereocenters. The third-order valence-electron chi connectivity index (χ3n) is 8.05. The van der Waals surface area contributed by atoms with Crippen molar-refractivity contribution < 1.29 is 58.3 Å². The fourth-order valence-corrected chi connectivity index (χ4v) is 8.88. The second-order valence-electron chi connectivity index (χ2n) is 11.0. The van der Waals surface area contributed by atoms with E-state index in [2.05, 4.69) is 10.5 Å². The number of nitrogens with one attached hydrogen (secondary N) is 1. The first-order valence-electron chi connectivity index (χ1n) is 13.4. The zero-order valence-corrected chi connectivity index (χ0v) is 24.6. The highest BCUT2D eigenvalue weighted by Gasteiger charge is 2.54. The Hall–Kier alpha value is -3.76. The SMILES string of the molecule is O=C(Nc1cc(F)c(F)c(F)c1)c1ccc(Cl)c(S(=O)(=O)C2C3CCC2CC(O)(/C=N/OCc2c(F)c(F)c(F)c(F)c2F)C3)c1. The molecule has 2 aliphatic rings. The molecule has 2 fully saturated rings. The monoisotopic (exact) mass is 696 g/mol. The molecule has 2 N–H and O–H groups in total. The number of anilines is 1. The quantitative estimate of drug-likeness (QED) is 0.0908. The number of amides is 1. The number of sulfone groups is 1. The molecule has 2 atom stereocenters. The van der Waals surface area contributed by atoms with Gasteiger partial charge in [-0.2, -0.15) is 0 Å². The van der Waals surface area contributed by atoms with Crippen LogP contribution in [0.25, 0.3) is 0 Å². The van der Waals surface area contributed by atoms with Gasteiger partial charge in [-0.05, 0) is 55.7 Å². The number of hydrogen-bond donors (Lipinski definition) is 2. The predicted octanol–water partition coefficient (Wildman–Crippen LogP) is 6.60. The average molecular weight is 697 g/mol. The van der Waals surface area contributed by atoms with Crippen LogP contribution in [0.2, 0.25) is 5.02 Å². The van der Waals surface area contributed by atoms with Gasteiger partial charge in [0.1, 0.15) is 12.2 Å². The number of fused-ring (bicyclic) bond motifs is 2. The van der Waals surface area contributed by atoms with Gasteiger partial charge in [-0.25, -0.2) is 43.5 Å². The summed E-state index contributed by atoms with van der Waals surface area (Å²) in [6.45, 7) is -1.16. The molecule has 0 aliphatic heterocycles. The van der Waals surface area contributed by atoms with Crippen molar-refractivity contribution in [3.8, 4) is 0 Å². The Morgan fingerprint density at radius 2 is 1.46 bits per heavy atom. The van der Waals surface area contributed by atoms with Crippen molar-refractivity contribution in [3.05, 3.63) is 93.0 Å². The number of aliphatic hydroxyl groups is 1. The van der Waals surface area contributed by atoms with Crippen LogP contribution in [0.1, 0.15) is 41.6 Å². The second-order valence-corrected chi connectivity index (χ2v) is 13.5. The lowest BCUT2D eigenvalue weighted by Crippen LogP contribution is -2.47. The van der Waals surface area contributed by atoms with Crippen molar-refractivity contribution in [2.24, 2.45) is 17.0 Å².